The maximum absolute atomic E-state index is 11.5. The van der Waals surface area contributed by atoms with E-state index in [1.54, 1.807) is 6.08 Å². The van der Waals surface area contributed by atoms with Crippen LogP contribution in [0.15, 0.2) is 30.3 Å². The van der Waals surface area contributed by atoms with Crippen molar-refractivity contribution in [1.82, 2.24) is 4.72 Å². The summed E-state index contributed by atoms with van der Waals surface area (Å²) in [5.41, 5.74) is 1.74. The smallest absolute Gasteiger partial charge is 0.257 e. The number of benzene rings is 1. The molecule has 0 unspecified atom stereocenters. The third-order valence-corrected chi connectivity index (χ3v) is 3.58. The molecule has 6 heteroatoms. The summed E-state index contributed by atoms with van der Waals surface area (Å²) in [6, 6.07) is 7.63. The fourth-order valence-corrected chi connectivity index (χ4v) is 2.11. The maximum Gasteiger partial charge on any atom is 0.257 e. The van der Waals surface area contributed by atoms with Crippen molar-refractivity contribution in [2.45, 2.75) is 26.3 Å². The van der Waals surface area contributed by atoms with E-state index in [1.165, 1.54) is 6.08 Å². The summed E-state index contributed by atoms with van der Waals surface area (Å²) in [4.78, 5) is 13.6. The van der Waals surface area contributed by atoms with Gasteiger partial charge < -0.3 is 4.90 Å². The van der Waals surface area contributed by atoms with E-state index in [-0.39, 0.29) is 5.54 Å². The van der Waals surface area contributed by atoms with E-state index in [4.69, 9.17) is 0 Å². The van der Waals surface area contributed by atoms with Crippen LogP contribution in [0, 0.1) is 0 Å². The minimum absolute atomic E-state index is 0.0705. The number of para-hydroxylation sites is 1. The molecule has 0 aliphatic rings. The second kappa shape index (κ2) is 6.30. The Morgan fingerprint density at radius 3 is 2.33 bits per heavy atom. The van der Waals surface area contributed by atoms with E-state index in [9.17, 15) is 13.2 Å². The molecule has 0 saturated carbocycles. The van der Waals surface area contributed by atoms with Gasteiger partial charge in [0.25, 0.3) is 5.91 Å². The van der Waals surface area contributed by atoms with E-state index < -0.39 is 15.9 Å². The van der Waals surface area contributed by atoms with E-state index >= 15 is 0 Å². The van der Waals surface area contributed by atoms with Crippen molar-refractivity contribution in [2.75, 3.05) is 18.2 Å². The lowest BCUT2D eigenvalue weighted by Gasteiger charge is -2.35. The Balaban J connectivity index is 3.03. The van der Waals surface area contributed by atoms with Crippen LogP contribution in [0.4, 0.5) is 5.69 Å². The Labute approximate surface area is 126 Å². The van der Waals surface area contributed by atoms with E-state index in [0.717, 1.165) is 17.5 Å². The Morgan fingerprint density at radius 2 is 1.81 bits per heavy atom. The fourth-order valence-electron chi connectivity index (χ4n) is 1.68. The molecule has 1 rings (SSSR count). The third kappa shape index (κ3) is 5.59. The summed E-state index contributed by atoms with van der Waals surface area (Å²) >= 11 is 0. The highest BCUT2D eigenvalue weighted by Crippen LogP contribution is 2.26. The average Bonchev–Trinajstić information content (AvgIpc) is 2.32. The molecule has 0 aliphatic heterocycles. The molecule has 0 saturated heterocycles. The highest BCUT2D eigenvalue weighted by molar-refractivity contribution is 7.89. The average molecular weight is 310 g/mol. The molecule has 1 aromatic carbocycles. The third-order valence-electron chi connectivity index (χ3n) is 3.00. The van der Waals surface area contributed by atoms with E-state index in [0.29, 0.717) is 0 Å². The standard InChI is InChI=1S/C15H22N2O3S/c1-15(2,3)17(4)13-9-7-6-8-12(13)10-11-14(18)16-21(5,19)20/h6-11H,1-5H3,(H,16,18)/b11-10+. The number of anilines is 1. The van der Waals surface area contributed by atoms with Gasteiger partial charge in [0.15, 0.2) is 0 Å². The number of sulfonamides is 1. The maximum atomic E-state index is 11.5. The van der Waals surface area contributed by atoms with Gasteiger partial charge in [-0.15, -0.1) is 0 Å². The van der Waals surface area contributed by atoms with Crippen LogP contribution in [0.2, 0.25) is 0 Å². The van der Waals surface area contributed by atoms with Gasteiger partial charge in [0.1, 0.15) is 0 Å². The fraction of sp³-hybridized carbons (Fsp3) is 0.400. The summed E-state index contributed by atoms with van der Waals surface area (Å²) in [5, 5.41) is 0. The van der Waals surface area contributed by atoms with Crippen LogP contribution >= 0.6 is 0 Å². The first-order valence-corrected chi connectivity index (χ1v) is 8.42. The number of hydrogen-bond acceptors (Lipinski definition) is 4. The molecule has 0 aromatic heterocycles. The first-order chi connectivity index (χ1) is 9.50. The largest absolute Gasteiger partial charge is 0.369 e. The Bertz CT molecular complexity index is 643. The van der Waals surface area contributed by atoms with Crippen LogP contribution in [0.1, 0.15) is 26.3 Å². The second-order valence-electron chi connectivity index (χ2n) is 5.86. The zero-order valence-electron chi connectivity index (χ0n) is 13.0. The van der Waals surface area contributed by atoms with E-state index in [1.807, 2.05) is 36.0 Å². The lowest BCUT2D eigenvalue weighted by molar-refractivity contribution is -0.114. The number of rotatable bonds is 4. The molecular weight excluding hydrogens is 288 g/mol. The number of nitrogens with zero attached hydrogens (tertiary/aromatic N) is 1. The summed E-state index contributed by atoms with van der Waals surface area (Å²) in [6.07, 6.45) is 3.77. The van der Waals surface area contributed by atoms with Crippen molar-refractivity contribution >= 4 is 27.7 Å². The lowest BCUT2D eigenvalue weighted by atomic mass is 10.0. The normalized spacial score (nSPS) is 12.4. The van der Waals surface area contributed by atoms with Crippen molar-refractivity contribution in [3.63, 3.8) is 0 Å². The van der Waals surface area contributed by atoms with Crippen LogP contribution in [-0.4, -0.2) is 33.2 Å². The van der Waals surface area contributed by atoms with Gasteiger partial charge in [-0.25, -0.2) is 13.1 Å². The van der Waals surface area contributed by atoms with Gasteiger partial charge in [-0.3, -0.25) is 4.79 Å². The Hall–Kier alpha value is -1.82. The molecule has 0 radical (unpaired) electrons. The zero-order chi connectivity index (χ0) is 16.3. The molecular formula is C15H22N2O3S. The van der Waals surface area contributed by atoms with Gasteiger partial charge in [0.2, 0.25) is 10.0 Å². The zero-order valence-corrected chi connectivity index (χ0v) is 13.9. The van der Waals surface area contributed by atoms with Crippen LogP contribution in [-0.2, 0) is 14.8 Å². The molecule has 1 N–H and O–H groups in total. The second-order valence-corrected chi connectivity index (χ2v) is 7.61. The van der Waals surface area contributed by atoms with Crippen LogP contribution < -0.4 is 9.62 Å². The summed E-state index contributed by atoms with van der Waals surface area (Å²) in [7, 11) is -1.56. The molecule has 1 aromatic rings. The molecule has 1 amide bonds. The minimum Gasteiger partial charge on any atom is -0.369 e. The SMILES string of the molecule is CN(c1ccccc1/C=C/C(=O)NS(C)(=O)=O)C(C)(C)C. The predicted octanol–water partition coefficient (Wildman–Crippen LogP) is 2.01. The van der Waals surface area contributed by atoms with Gasteiger partial charge in [-0.05, 0) is 38.5 Å². The van der Waals surface area contributed by atoms with Gasteiger partial charge in [-0.1, -0.05) is 18.2 Å². The molecule has 0 bridgehead atoms. The first kappa shape index (κ1) is 17.2. The molecule has 0 heterocycles. The number of carbonyl (C=O) groups is 1. The van der Waals surface area contributed by atoms with Crippen molar-refractivity contribution < 1.29 is 13.2 Å². The highest BCUT2D eigenvalue weighted by atomic mass is 32.2. The summed E-state index contributed by atoms with van der Waals surface area (Å²) < 4.78 is 23.9. The Morgan fingerprint density at radius 1 is 1.24 bits per heavy atom. The van der Waals surface area contributed by atoms with Gasteiger partial charge in [-0.2, -0.15) is 0 Å². The van der Waals surface area contributed by atoms with Crippen LogP contribution in [0.25, 0.3) is 6.08 Å². The molecule has 0 spiro atoms. The monoisotopic (exact) mass is 310 g/mol. The number of nitrogens with one attached hydrogen (secondary N) is 1. The molecule has 0 aliphatic carbocycles. The van der Waals surface area contributed by atoms with E-state index in [2.05, 4.69) is 25.7 Å². The van der Waals surface area contributed by atoms with Crippen molar-refractivity contribution in [2.24, 2.45) is 0 Å². The van der Waals surface area contributed by atoms with Crippen LogP contribution in [0.5, 0.6) is 0 Å². The highest BCUT2D eigenvalue weighted by Gasteiger charge is 2.18. The lowest BCUT2D eigenvalue weighted by Crippen LogP contribution is -2.38. The van der Waals surface area contributed by atoms with Gasteiger partial charge in [0.05, 0.1) is 6.26 Å². The quantitative estimate of drug-likeness (QED) is 0.864. The van der Waals surface area contributed by atoms with Crippen molar-refractivity contribution in [3.8, 4) is 0 Å². The summed E-state index contributed by atoms with van der Waals surface area (Å²) in [5.74, 6) is -0.661. The van der Waals surface area contributed by atoms with Gasteiger partial charge >= 0.3 is 0 Å². The molecule has 21 heavy (non-hydrogen) atoms. The summed E-state index contributed by atoms with van der Waals surface area (Å²) in [6.45, 7) is 6.26. The molecule has 0 fully saturated rings. The molecule has 116 valence electrons. The van der Waals surface area contributed by atoms with Gasteiger partial charge in [0, 0.05) is 24.4 Å². The Kier molecular flexibility index (Phi) is 5.17. The first-order valence-electron chi connectivity index (χ1n) is 6.53. The number of hydrogen-bond donors (Lipinski definition) is 1. The topological polar surface area (TPSA) is 66.5 Å². The van der Waals surface area contributed by atoms with Crippen molar-refractivity contribution in [3.05, 3.63) is 35.9 Å². The van der Waals surface area contributed by atoms with Crippen molar-refractivity contribution in [1.29, 1.82) is 0 Å². The molecule has 5 nitrogen and oxygen atoms in total. The number of carbonyl (C=O) groups excluding carboxylic acids is 1. The van der Waals surface area contributed by atoms with Crippen LogP contribution in [0.3, 0.4) is 0 Å². The predicted molar refractivity (Wildman–Crippen MR) is 86.6 cm³/mol. The minimum atomic E-state index is -3.54. The molecule has 0 atom stereocenters. The number of amides is 1.